The molecule has 1 heterocycles. The maximum absolute atomic E-state index is 13.0. The third-order valence-corrected chi connectivity index (χ3v) is 2.81. The van der Waals surface area contributed by atoms with Gasteiger partial charge in [0.15, 0.2) is 6.10 Å². The first-order chi connectivity index (χ1) is 9.06. The number of ether oxygens (including phenoxy) is 1. The van der Waals surface area contributed by atoms with E-state index in [2.05, 4.69) is 5.32 Å². The molecule has 0 saturated carbocycles. The highest BCUT2D eigenvalue weighted by molar-refractivity contribution is 5.88. The normalized spacial score (nSPS) is 16.7. The van der Waals surface area contributed by atoms with Crippen molar-refractivity contribution in [1.29, 1.82) is 0 Å². The molecule has 19 heavy (non-hydrogen) atoms. The Balaban J connectivity index is 1.97. The summed E-state index contributed by atoms with van der Waals surface area (Å²) in [6, 6.07) is 5.60. The van der Waals surface area contributed by atoms with Gasteiger partial charge in [-0.05, 0) is 19.1 Å². The molecule has 2 rings (SSSR count). The zero-order valence-electron chi connectivity index (χ0n) is 10.6. The Hall–Kier alpha value is -2.11. The minimum absolute atomic E-state index is 0.0374. The molecule has 1 N–H and O–H groups in total. The number of amides is 2. The second-order valence-electron chi connectivity index (χ2n) is 4.33. The molecule has 1 aliphatic rings. The number of nitrogens with zero attached hydrogens (tertiary/aromatic N) is 1. The van der Waals surface area contributed by atoms with Crippen molar-refractivity contribution in [3.05, 3.63) is 30.1 Å². The van der Waals surface area contributed by atoms with Gasteiger partial charge in [0.05, 0.1) is 6.54 Å². The lowest BCUT2D eigenvalue weighted by Crippen LogP contribution is -2.53. The summed E-state index contributed by atoms with van der Waals surface area (Å²) in [5, 5.41) is 2.64. The first-order valence-electron chi connectivity index (χ1n) is 6.04. The number of carbonyl (C=O) groups is 2. The Morgan fingerprint density at radius 1 is 1.53 bits per heavy atom. The summed E-state index contributed by atoms with van der Waals surface area (Å²) >= 11 is 0. The number of nitrogens with one attached hydrogen (secondary N) is 1. The van der Waals surface area contributed by atoms with Gasteiger partial charge in [0.2, 0.25) is 5.91 Å². The Bertz CT molecular complexity index is 493. The average molecular weight is 266 g/mol. The molecule has 0 bridgehead atoms. The van der Waals surface area contributed by atoms with Gasteiger partial charge in [-0.1, -0.05) is 6.07 Å². The maximum atomic E-state index is 13.0. The van der Waals surface area contributed by atoms with E-state index in [4.69, 9.17) is 4.74 Å². The molecule has 102 valence electrons. The second-order valence-corrected chi connectivity index (χ2v) is 4.33. The molecule has 0 unspecified atom stereocenters. The molecular formula is C13H15FN2O3. The van der Waals surface area contributed by atoms with E-state index in [0.29, 0.717) is 18.8 Å². The summed E-state index contributed by atoms with van der Waals surface area (Å²) in [6.07, 6.45) is -0.757. The lowest BCUT2D eigenvalue weighted by atomic mass is 10.2. The fourth-order valence-electron chi connectivity index (χ4n) is 1.88. The average Bonchev–Trinajstić information content (AvgIpc) is 2.38. The fourth-order valence-corrected chi connectivity index (χ4v) is 1.88. The van der Waals surface area contributed by atoms with Gasteiger partial charge in [0.25, 0.3) is 5.91 Å². The van der Waals surface area contributed by atoms with Gasteiger partial charge in [0, 0.05) is 19.2 Å². The predicted octanol–water partition coefficient (Wildman–Crippen LogP) is 0.551. The molecule has 1 aromatic rings. The molecule has 2 amide bonds. The monoisotopic (exact) mass is 266 g/mol. The Labute approximate surface area is 110 Å². The van der Waals surface area contributed by atoms with Crippen molar-refractivity contribution in [3.63, 3.8) is 0 Å². The van der Waals surface area contributed by atoms with Crippen molar-refractivity contribution >= 4 is 11.8 Å². The molecule has 0 aromatic heterocycles. The van der Waals surface area contributed by atoms with Crippen LogP contribution in [0, 0.1) is 5.82 Å². The fraction of sp³-hybridized carbons (Fsp3) is 0.385. The van der Waals surface area contributed by atoms with Gasteiger partial charge in [-0.25, -0.2) is 4.39 Å². The number of carbonyl (C=O) groups excluding carboxylic acids is 2. The number of hydrogen-bond donors (Lipinski definition) is 1. The second kappa shape index (κ2) is 5.69. The zero-order valence-corrected chi connectivity index (χ0v) is 10.6. The molecule has 1 saturated heterocycles. The molecule has 0 aliphatic carbocycles. The van der Waals surface area contributed by atoms with Crippen LogP contribution < -0.4 is 10.1 Å². The van der Waals surface area contributed by atoms with Crippen LogP contribution in [-0.2, 0) is 9.59 Å². The summed E-state index contributed by atoms with van der Waals surface area (Å²) in [5.41, 5.74) is 0. The summed E-state index contributed by atoms with van der Waals surface area (Å²) in [5.74, 6) is -0.589. The van der Waals surface area contributed by atoms with Gasteiger partial charge in [-0.2, -0.15) is 0 Å². The van der Waals surface area contributed by atoms with Gasteiger partial charge < -0.3 is 15.0 Å². The quantitative estimate of drug-likeness (QED) is 0.869. The Kier molecular flexibility index (Phi) is 3.99. The summed E-state index contributed by atoms with van der Waals surface area (Å²) in [6.45, 7) is 2.52. The first-order valence-corrected chi connectivity index (χ1v) is 6.04. The molecule has 1 atom stereocenters. The molecule has 1 fully saturated rings. The topological polar surface area (TPSA) is 58.6 Å². The minimum Gasteiger partial charge on any atom is -0.481 e. The minimum atomic E-state index is -0.757. The van der Waals surface area contributed by atoms with Crippen molar-refractivity contribution in [2.75, 3.05) is 19.6 Å². The van der Waals surface area contributed by atoms with E-state index in [1.165, 1.54) is 23.1 Å². The maximum Gasteiger partial charge on any atom is 0.263 e. The smallest absolute Gasteiger partial charge is 0.263 e. The van der Waals surface area contributed by atoms with Crippen LogP contribution in [0.5, 0.6) is 5.75 Å². The van der Waals surface area contributed by atoms with E-state index < -0.39 is 11.9 Å². The van der Waals surface area contributed by atoms with Crippen LogP contribution in [0.25, 0.3) is 0 Å². The van der Waals surface area contributed by atoms with Gasteiger partial charge in [0.1, 0.15) is 11.6 Å². The van der Waals surface area contributed by atoms with Crippen molar-refractivity contribution < 1.29 is 18.7 Å². The van der Waals surface area contributed by atoms with Gasteiger partial charge >= 0.3 is 0 Å². The van der Waals surface area contributed by atoms with E-state index in [0.717, 1.165) is 0 Å². The van der Waals surface area contributed by atoms with Crippen LogP contribution in [0.1, 0.15) is 6.92 Å². The third-order valence-electron chi connectivity index (χ3n) is 2.81. The lowest BCUT2D eigenvalue weighted by Gasteiger charge is -2.29. The third kappa shape index (κ3) is 3.43. The molecular weight excluding hydrogens is 251 g/mol. The van der Waals surface area contributed by atoms with E-state index in [9.17, 15) is 14.0 Å². The van der Waals surface area contributed by atoms with E-state index in [1.54, 1.807) is 13.0 Å². The highest BCUT2D eigenvalue weighted by Gasteiger charge is 2.26. The zero-order chi connectivity index (χ0) is 13.8. The van der Waals surface area contributed by atoms with Crippen molar-refractivity contribution in [2.24, 2.45) is 0 Å². The molecule has 6 heteroatoms. The van der Waals surface area contributed by atoms with Crippen molar-refractivity contribution in [3.8, 4) is 5.75 Å². The van der Waals surface area contributed by atoms with Crippen LogP contribution in [-0.4, -0.2) is 42.5 Å². The molecule has 1 aromatic carbocycles. The first kappa shape index (κ1) is 13.3. The van der Waals surface area contributed by atoms with Crippen LogP contribution in [0.15, 0.2) is 24.3 Å². The number of halogens is 1. The molecule has 5 nitrogen and oxygen atoms in total. The van der Waals surface area contributed by atoms with Crippen LogP contribution >= 0.6 is 0 Å². The number of hydrogen-bond acceptors (Lipinski definition) is 3. The molecule has 0 radical (unpaired) electrons. The van der Waals surface area contributed by atoms with E-state index in [-0.39, 0.29) is 18.4 Å². The highest BCUT2D eigenvalue weighted by atomic mass is 19.1. The standard InChI is InChI=1S/C13H15FN2O3/c1-9(19-11-4-2-3-10(14)7-11)13(18)16-6-5-15-12(17)8-16/h2-4,7,9H,5-6,8H2,1H3,(H,15,17)/t9-/m0/s1. The van der Waals surface area contributed by atoms with Crippen molar-refractivity contribution in [1.82, 2.24) is 10.2 Å². The Morgan fingerprint density at radius 2 is 2.32 bits per heavy atom. The summed E-state index contributed by atoms with van der Waals surface area (Å²) in [7, 11) is 0. The van der Waals surface area contributed by atoms with E-state index in [1.807, 2.05) is 0 Å². The number of benzene rings is 1. The van der Waals surface area contributed by atoms with Gasteiger partial charge in [-0.15, -0.1) is 0 Å². The SMILES string of the molecule is C[C@H](Oc1cccc(F)c1)C(=O)N1CCNC(=O)C1. The number of rotatable bonds is 3. The van der Waals surface area contributed by atoms with Crippen LogP contribution in [0.2, 0.25) is 0 Å². The van der Waals surface area contributed by atoms with Crippen LogP contribution in [0.3, 0.4) is 0 Å². The molecule has 1 aliphatic heterocycles. The predicted molar refractivity (Wildman–Crippen MR) is 66.1 cm³/mol. The lowest BCUT2D eigenvalue weighted by molar-refractivity contribution is -0.143. The number of piperazine rings is 1. The summed E-state index contributed by atoms with van der Waals surface area (Å²) < 4.78 is 18.4. The largest absolute Gasteiger partial charge is 0.481 e. The Morgan fingerprint density at radius 3 is 3.00 bits per heavy atom. The molecule has 0 spiro atoms. The van der Waals surface area contributed by atoms with E-state index >= 15 is 0 Å². The highest BCUT2D eigenvalue weighted by Crippen LogP contribution is 2.14. The van der Waals surface area contributed by atoms with Crippen LogP contribution in [0.4, 0.5) is 4.39 Å². The van der Waals surface area contributed by atoms with Gasteiger partial charge in [-0.3, -0.25) is 9.59 Å². The summed E-state index contributed by atoms with van der Waals surface area (Å²) in [4.78, 5) is 24.7. The van der Waals surface area contributed by atoms with Crippen molar-refractivity contribution in [2.45, 2.75) is 13.0 Å².